The van der Waals surface area contributed by atoms with Gasteiger partial charge in [0.1, 0.15) is 18.8 Å². The van der Waals surface area contributed by atoms with Gasteiger partial charge >= 0.3 is 6.09 Å². The molecular formula is C44H58N2O11Si. The largest absolute Gasteiger partial charge is 0.448 e. The van der Waals surface area contributed by atoms with Crippen LogP contribution in [0.5, 0.6) is 0 Å². The molecule has 2 aliphatic heterocycles. The summed E-state index contributed by atoms with van der Waals surface area (Å²) in [5.74, 6) is -0.0767. The number of carbonyl (C=O) groups excluding carboxylic acids is 1. The number of nitrogens with zero attached hydrogens (tertiary/aromatic N) is 2. The highest BCUT2D eigenvalue weighted by Gasteiger charge is 2.49. The standard InChI is InChI=1S/C44H58N2O11Si/c1-7-45(44(48)54-27-36-34-20-14-12-18-32(34)33-19-13-15-21-35(33)36)38-28-52-40(25-39(38)51-6)56-42-41(57-58(8-2,9-3)10-4)31(23-24-47)29(5)55-43(42)53-26-30-17-11-16-22-37(30)46(49)50/h11-23,29,36,38-43,47H,7-10,24-28H2,1-6H3/b31-23+/t29-,38+,39+,40+,41+,42-,43-/m1/s1. The Morgan fingerprint density at radius 2 is 1.62 bits per heavy atom. The second-order valence-electron chi connectivity index (χ2n) is 15.0. The Labute approximate surface area is 342 Å². The third kappa shape index (κ3) is 9.24. The Morgan fingerprint density at radius 3 is 2.22 bits per heavy atom. The fraction of sp³-hybridized carbons (Fsp3) is 0.523. The van der Waals surface area contributed by atoms with Crippen LogP contribution < -0.4 is 0 Å². The summed E-state index contributed by atoms with van der Waals surface area (Å²) in [6, 6.07) is 25.0. The first-order valence-electron chi connectivity index (χ1n) is 20.5. The summed E-state index contributed by atoms with van der Waals surface area (Å²) in [6.45, 7) is 10.5. The first-order valence-corrected chi connectivity index (χ1v) is 23.0. The van der Waals surface area contributed by atoms with Crippen LogP contribution in [0.3, 0.4) is 0 Å². The van der Waals surface area contributed by atoms with E-state index in [1.54, 1.807) is 36.3 Å². The van der Waals surface area contributed by atoms with Gasteiger partial charge in [0.2, 0.25) is 0 Å². The zero-order valence-corrected chi connectivity index (χ0v) is 35.4. The van der Waals surface area contributed by atoms with E-state index in [9.17, 15) is 20.0 Å². The Bertz CT molecular complexity index is 1840. The van der Waals surface area contributed by atoms with Crippen molar-refractivity contribution in [3.8, 4) is 11.1 Å². The predicted molar refractivity (Wildman–Crippen MR) is 221 cm³/mol. The zero-order chi connectivity index (χ0) is 41.4. The SMILES string of the molecule is CCN(C(=O)OCC1c2ccccc2-c2ccccc21)[C@H]1CO[C@@H](O[C@H]2[C@H](OCc3ccccc3[N+](=O)[O-])O[C@H](C)/C(=C\CO)[C@@H]2O[Si](CC)(CC)CC)C[C@@H]1OC. The second-order valence-corrected chi connectivity index (χ2v) is 19.8. The Morgan fingerprint density at radius 1 is 0.983 bits per heavy atom. The van der Waals surface area contributed by atoms with Crippen molar-refractivity contribution >= 4 is 20.1 Å². The van der Waals surface area contributed by atoms with Crippen molar-refractivity contribution < 1.29 is 47.7 Å². The quantitative estimate of drug-likeness (QED) is 0.0613. The molecular weight excluding hydrogens is 761 g/mol. The van der Waals surface area contributed by atoms with E-state index in [0.717, 1.165) is 46.0 Å². The number of likely N-dealkylation sites (N-methyl/N-ethyl adjacent to an activating group) is 1. The summed E-state index contributed by atoms with van der Waals surface area (Å²) in [5, 5.41) is 22.0. The van der Waals surface area contributed by atoms with Crippen molar-refractivity contribution in [2.24, 2.45) is 0 Å². The molecule has 6 rings (SSSR count). The maximum atomic E-state index is 13.8. The third-order valence-corrected chi connectivity index (χ3v) is 16.8. The molecule has 0 bridgehead atoms. The molecule has 1 amide bonds. The van der Waals surface area contributed by atoms with Crippen LogP contribution in [0.25, 0.3) is 11.1 Å². The lowest BCUT2D eigenvalue weighted by molar-refractivity contribution is -0.386. The van der Waals surface area contributed by atoms with Crippen molar-refractivity contribution in [1.29, 1.82) is 0 Å². The van der Waals surface area contributed by atoms with E-state index in [-0.39, 0.29) is 44.5 Å². The number of hydrogen-bond donors (Lipinski definition) is 1. The molecule has 3 aliphatic rings. The van der Waals surface area contributed by atoms with Gasteiger partial charge in [-0.05, 0) is 65.9 Å². The number of methoxy groups -OCH3 is 1. The van der Waals surface area contributed by atoms with E-state index >= 15 is 0 Å². The lowest BCUT2D eigenvalue weighted by Crippen LogP contribution is -2.59. The molecule has 2 fully saturated rings. The van der Waals surface area contributed by atoms with E-state index < -0.39 is 62.4 Å². The van der Waals surface area contributed by atoms with E-state index in [1.165, 1.54) is 6.07 Å². The molecule has 0 radical (unpaired) electrons. The number of nitro groups is 1. The minimum atomic E-state index is -2.30. The summed E-state index contributed by atoms with van der Waals surface area (Å²) < 4.78 is 45.2. The summed E-state index contributed by atoms with van der Waals surface area (Å²) in [6.07, 6.45) is -2.84. The molecule has 3 aromatic carbocycles. The smallest absolute Gasteiger partial charge is 0.410 e. The first-order chi connectivity index (χ1) is 28.1. The van der Waals surface area contributed by atoms with Gasteiger partial charge in [-0.15, -0.1) is 0 Å². The number of amides is 1. The monoisotopic (exact) mass is 818 g/mol. The molecule has 0 aromatic heterocycles. The summed E-state index contributed by atoms with van der Waals surface area (Å²) in [4.78, 5) is 26.9. The fourth-order valence-corrected chi connectivity index (χ4v) is 11.5. The molecule has 0 unspecified atom stereocenters. The van der Waals surface area contributed by atoms with E-state index in [4.69, 9.17) is 32.8 Å². The van der Waals surface area contributed by atoms with Gasteiger partial charge < -0.3 is 42.9 Å². The Hall–Kier alpha value is -3.99. The molecule has 0 spiro atoms. The van der Waals surface area contributed by atoms with Crippen LogP contribution in [0, 0.1) is 10.1 Å². The molecule has 1 N–H and O–H groups in total. The number of fused-ring (bicyclic) bond motifs is 3. The van der Waals surface area contributed by atoms with Crippen molar-refractivity contribution in [3.63, 3.8) is 0 Å². The average Bonchev–Trinajstić information content (AvgIpc) is 3.57. The van der Waals surface area contributed by atoms with Gasteiger partial charge in [-0.2, -0.15) is 0 Å². The van der Waals surface area contributed by atoms with Gasteiger partial charge in [0, 0.05) is 32.1 Å². The topological polar surface area (TPSA) is 148 Å². The number of aliphatic hydroxyl groups is 1. The molecule has 2 saturated heterocycles. The predicted octanol–water partition coefficient (Wildman–Crippen LogP) is 7.95. The molecule has 7 atom stereocenters. The minimum absolute atomic E-state index is 0.0617. The number of para-hydroxylation sites is 1. The number of ether oxygens (including phenoxy) is 6. The maximum absolute atomic E-state index is 13.8. The van der Waals surface area contributed by atoms with Crippen molar-refractivity contribution in [1.82, 2.24) is 4.90 Å². The summed E-state index contributed by atoms with van der Waals surface area (Å²) in [5.41, 5.74) is 5.64. The molecule has 1 aliphatic carbocycles. The average molecular weight is 819 g/mol. The number of carbonyl (C=O) groups is 1. The van der Waals surface area contributed by atoms with E-state index in [2.05, 4.69) is 45.0 Å². The van der Waals surface area contributed by atoms with Gasteiger partial charge in [0.05, 0.1) is 48.6 Å². The van der Waals surface area contributed by atoms with Gasteiger partial charge in [-0.3, -0.25) is 10.1 Å². The third-order valence-electron chi connectivity index (χ3n) is 12.2. The van der Waals surface area contributed by atoms with Gasteiger partial charge in [0.15, 0.2) is 20.9 Å². The molecule has 314 valence electrons. The Kier molecular flexibility index (Phi) is 14.9. The number of aliphatic hydroxyl groups excluding tert-OH is 1. The second kappa shape index (κ2) is 19.8. The number of rotatable bonds is 17. The molecule has 13 nitrogen and oxygen atoms in total. The van der Waals surface area contributed by atoms with E-state index in [1.807, 2.05) is 38.1 Å². The van der Waals surface area contributed by atoms with Crippen LogP contribution in [0.2, 0.25) is 18.1 Å². The molecule has 3 aromatic rings. The highest BCUT2D eigenvalue weighted by Crippen LogP contribution is 2.45. The van der Waals surface area contributed by atoms with Crippen LogP contribution in [0.4, 0.5) is 10.5 Å². The van der Waals surface area contributed by atoms with Crippen LogP contribution in [0.15, 0.2) is 84.4 Å². The molecule has 14 heteroatoms. The number of benzene rings is 3. The van der Waals surface area contributed by atoms with Gasteiger partial charge in [0.25, 0.3) is 5.69 Å². The highest BCUT2D eigenvalue weighted by molar-refractivity contribution is 6.73. The first kappa shape index (κ1) is 43.6. The Balaban J connectivity index is 1.21. The summed E-state index contributed by atoms with van der Waals surface area (Å²) in [7, 11) is -0.696. The normalized spacial score (nSPS) is 25.3. The van der Waals surface area contributed by atoms with Crippen molar-refractivity contribution in [2.75, 3.05) is 33.5 Å². The molecule has 0 saturated carbocycles. The minimum Gasteiger partial charge on any atom is -0.448 e. The zero-order valence-electron chi connectivity index (χ0n) is 34.4. The maximum Gasteiger partial charge on any atom is 0.410 e. The molecule has 2 heterocycles. The van der Waals surface area contributed by atoms with Crippen LogP contribution in [0.1, 0.15) is 63.6 Å². The summed E-state index contributed by atoms with van der Waals surface area (Å²) >= 11 is 0. The molecule has 58 heavy (non-hydrogen) atoms. The van der Waals surface area contributed by atoms with E-state index in [0.29, 0.717) is 12.1 Å². The number of nitro benzene ring substituents is 1. The van der Waals surface area contributed by atoms with Crippen LogP contribution >= 0.6 is 0 Å². The highest BCUT2D eigenvalue weighted by atomic mass is 28.4. The van der Waals surface area contributed by atoms with Crippen molar-refractivity contribution in [3.05, 3.63) is 111 Å². The van der Waals surface area contributed by atoms with Gasteiger partial charge in [-0.1, -0.05) is 87.5 Å². The number of hydrogen-bond acceptors (Lipinski definition) is 11. The van der Waals surface area contributed by atoms with Crippen LogP contribution in [-0.2, 0) is 39.5 Å². The lowest BCUT2D eigenvalue weighted by Gasteiger charge is -2.47. The lowest BCUT2D eigenvalue weighted by atomic mass is 9.95. The van der Waals surface area contributed by atoms with Crippen molar-refractivity contribution in [2.45, 2.75) is 115 Å². The fourth-order valence-electron chi connectivity index (χ4n) is 8.68. The van der Waals surface area contributed by atoms with Crippen LogP contribution in [-0.4, -0.2) is 106 Å². The van der Waals surface area contributed by atoms with Gasteiger partial charge in [-0.25, -0.2) is 4.79 Å².